The van der Waals surface area contributed by atoms with Crippen molar-refractivity contribution in [2.24, 2.45) is 5.18 Å². The first-order chi connectivity index (χ1) is 13.4. The highest BCUT2D eigenvalue weighted by molar-refractivity contribution is 6.04. The van der Waals surface area contributed by atoms with Gasteiger partial charge in [0.25, 0.3) is 11.8 Å². The molecule has 28 heavy (non-hydrogen) atoms. The van der Waals surface area contributed by atoms with Gasteiger partial charge in [0.05, 0.1) is 5.69 Å². The summed E-state index contributed by atoms with van der Waals surface area (Å²) in [6.45, 7) is 1.62. The fourth-order valence-corrected chi connectivity index (χ4v) is 4.02. The Labute approximate surface area is 163 Å². The standard InChI is InChI=1S/C21H22N4O3/c1-24(2)21(27)13-6-4-12(5-7-13)15-10-16-18(22-20(26)19(16)23-28)17-11-25(3)9-8-14(15)17/h4-7,10,19H,8-9,11H2,1-3H3,(H,22,26). The third kappa shape index (κ3) is 2.88. The molecule has 7 heteroatoms. The Bertz CT molecular complexity index is 982. The zero-order chi connectivity index (χ0) is 20.0. The molecule has 2 amide bonds. The van der Waals surface area contributed by atoms with Crippen LogP contribution < -0.4 is 5.32 Å². The summed E-state index contributed by atoms with van der Waals surface area (Å²) in [5, 5.41) is 5.90. The normalized spacial score (nSPS) is 18.2. The van der Waals surface area contributed by atoms with E-state index in [2.05, 4.69) is 15.4 Å². The van der Waals surface area contributed by atoms with Gasteiger partial charge in [-0.25, -0.2) is 0 Å². The SMILES string of the molecule is CN1CCc2c(-c3ccc(C(=O)N(C)C)cc3)cc3c(c2C1)NC(=O)C3N=O. The predicted octanol–water partition coefficient (Wildman–Crippen LogP) is 2.80. The molecule has 0 saturated heterocycles. The highest BCUT2D eigenvalue weighted by Gasteiger charge is 2.36. The predicted molar refractivity (Wildman–Crippen MR) is 107 cm³/mol. The Hall–Kier alpha value is -3.06. The smallest absolute Gasteiger partial charge is 0.257 e. The van der Waals surface area contributed by atoms with Crippen LogP contribution in [0, 0.1) is 4.91 Å². The topological polar surface area (TPSA) is 82.1 Å². The van der Waals surface area contributed by atoms with Gasteiger partial charge in [0, 0.05) is 38.3 Å². The van der Waals surface area contributed by atoms with Crippen molar-refractivity contribution in [2.45, 2.75) is 19.0 Å². The molecule has 1 unspecified atom stereocenters. The van der Waals surface area contributed by atoms with Gasteiger partial charge in [0.1, 0.15) is 0 Å². The van der Waals surface area contributed by atoms with E-state index in [1.165, 1.54) is 5.56 Å². The van der Waals surface area contributed by atoms with Crippen molar-refractivity contribution in [1.82, 2.24) is 9.80 Å². The average Bonchev–Trinajstić information content (AvgIpc) is 3.02. The number of carbonyl (C=O) groups excluding carboxylic acids is 2. The molecule has 0 aliphatic carbocycles. The molecule has 0 radical (unpaired) electrons. The molecule has 2 aromatic carbocycles. The van der Waals surface area contributed by atoms with Crippen LogP contribution in [0.1, 0.15) is 33.1 Å². The Morgan fingerprint density at radius 3 is 2.57 bits per heavy atom. The van der Waals surface area contributed by atoms with Gasteiger partial charge >= 0.3 is 0 Å². The van der Waals surface area contributed by atoms with Crippen molar-refractivity contribution in [2.75, 3.05) is 33.0 Å². The number of nitroso groups, excluding NO2 is 1. The van der Waals surface area contributed by atoms with Gasteiger partial charge in [0.2, 0.25) is 0 Å². The van der Waals surface area contributed by atoms with Gasteiger partial charge < -0.3 is 15.1 Å². The minimum atomic E-state index is -1.01. The number of fused-ring (bicyclic) bond motifs is 3. The summed E-state index contributed by atoms with van der Waals surface area (Å²) in [6.07, 6.45) is 0.849. The summed E-state index contributed by atoms with van der Waals surface area (Å²) in [4.78, 5) is 39.4. The second-order valence-corrected chi connectivity index (χ2v) is 7.61. The second-order valence-electron chi connectivity index (χ2n) is 7.61. The molecule has 7 nitrogen and oxygen atoms in total. The number of hydrogen-bond donors (Lipinski definition) is 1. The lowest BCUT2D eigenvalue weighted by Crippen LogP contribution is -2.27. The highest BCUT2D eigenvalue weighted by Crippen LogP contribution is 2.43. The van der Waals surface area contributed by atoms with Crippen LogP contribution in [-0.4, -0.2) is 49.3 Å². The lowest BCUT2D eigenvalue weighted by Gasteiger charge is -2.29. The summed E-state index contributed by atoms with van der Waals surface area (Å²) in [6, 6.07) is 8.36. The molecular formula is C21H22N4O3. The number of carbonyl (C=O) groups is 2. The molecule has 1 atom stereocenters. The quantitative estimate of drug-likeness (QED) is 0.833. The van der Waals surface area contributed by atoms with Gasteiger partial charge in [-0.05, 0) is 53.9 Å². The van der Waals surface area contributed by atoms with Crippen LogP contribution in [0.2, 0.25) is 0 Å². The monoisotopic (exact) mass is 378 g/mol. The second kappa shape index (κ2) is 6.83. The number of nitrogens with one attached hydrogen (secondary N) is 1. The summed E-state index contributed by atoms with van der Waals surface area (Å²) >= 11 is 0. The summed E-state index contributed by atoms with van der Waals surface area (Å²) in [5.74, 6) is -0.423. The summed E-state index contributed by atoms with van der Waals surface area (Å²) < 4.78 is 0. The van der Waals surface area contributed by atoms with Gasteiger partial charge in [0.15, 0.2) is 6.04 Å². The van der Waals surface area contributed by atoms with Crippen LogP contribution in [0.3, 0.4) is 0 Å². The molecule has 1 N–H and O–H groups in total. The third-order valence-corrected chi connectivity index (χ3v) is 5.50. The van der Waals surface area contributed by atoms with Crippen LogP contribution >= 0.6 is 0 Å². The van der Waals surface area contributed by atoms with Crippen LogP contribution in [0.5, 0.6) is 0 Å². The van der Waals surface area contributed by atoms with Crippen LogP contribution in [-0.2, 0) is 17.8 Å². The minimum absolute atomic E-state index is 0.0517. The highest BCUT2D eigenvalue weighted by atomic mass is 16.3. The molecule has 0 spiro atoms. The molecule has 0 fully saturated rings. The maximum Gasteiger partial charge on any atom is 0.257 e. The van der Waals surface area contributed by atoms with Gasteiger partial charge in [-0.2, -0.15) is 0 Å². The van der Waals surface area contributed by atoms with Gasteiger partial charge in [-0.15, -0.1) is 4.91 Å². The molecule has 2 aliphatic rings. The van der Waals surface area contributed by atoms with Crippen molar-refractivity contribution in [3.05, 3.63) is 57.5 Å². The van der Waals surface area contributed by atoms with E-state index in [0.29, 0.717) is 17.7 Å². The van der Waals surface area contributed by atoms with Crippen LogP contribution in [0.15, 0.2) is 35.5 Å². The van der Waals surface area contributed by atoms with E-state index < -0.39 is 6.04 Å². The lowest BCUT2D eigenvalue weighted by molar-refractivity contribution is -0.116. The van der Waals surface area contributed by atoms with E-state index in [4.69, 9.17) is 0 Å². The molecule has 144 valence electrons. The zero-order valence-electron chi connectivity index (χ0n) is 16.2. The molecule has 2 aromatic rings. The van der Waals surface area contributed by atoms with E-state index in [9.17, 15) is 14.5 Å². The first-order valence-electron chi connectivity index (χ1n) is 9.23. The molecule has 0 saturated carbocycles. The van der Waals surface area contributed by atoms with Crippen molar-refractivity contribution >= 4 is 17.5 Å². The molecule has 0 bridgehead atoms. The average molecular weight is 378 g/mol. The van der Waals surface area contributed by atoms with E-state index in [0.717, 1.165) is 35.3 Å². The zero-order valence-corrected chi connectivity index (χ0v) is 16.2. The van der Waals surface area contributed by atoms with Crippen molar-refractivity contribution in [3.8, 4) is 11.1 Å². The number of nitrogens with zero attached hydrogens (tertiary/aromatic N) is 3. The van der Waals surface area contributed by atoms with Crippen molar-refractivity contribution in [3.63, 3.8) is 0 Å². The number of benzene rings is 2. The minimum Gasteiger partial charge on any atom is -0.345 e. The molecular weight excluding hydrogens is 356 g/mol. The molecule has 4 rings (SSSR count). The fraction of sp³-hybridized carbons (Fsp3) is 0.333. The van der Waals surface area contributed by atoms with Crippen molar-refractivity contribution in [1.29, 1.82) is 0 Å². The maximum atomic E-state index is 12.2. The third-order valence-electron chi connectivity index (χ3n) is 5.50. The number of amides is 2. The van der Waals surface area contributed by atoms with E-state index in [-0.39, 0.29) is 11.8 Å². The number of rotatable bonds is 3. The number of anilines is 1. The Balaban J connectivity index is 1.85. The van der Waals surface area contributed by atoms with Crippen LogP contribution in [0.25, 0.3) is 11.1 Å². The molecule has 2 aliphatic heterocycles. The Morgan fingerprint density at radius 1 is 1.21 bits per heavy atom. The number of hydrogen-bond acceptors (Lipinski definition) is 5. The Kier molecular flexibility index (Phi) is 4.47. The largest absolute Gasteiger partial charge is 0.345 e. The van der Waals surface area contributed by atoms with E-state index in [1.807, 2.05) is 37.4 Å². The van der Waals surface area contributed by atoms with E-state index >= 15 is 0 Å². The molecule has 2 heterocycles. The lowest BCUT2D eigenvalue weighted by atomic mass is 9.86. The summed E-state index contributed by atoms with van der Waals surface area (Å²) in [5.41, 5.74) is 6.17. The van der Waals surface area contributed by atoms with Crippen LogP contribution in [0.4, 0.5) is 5.69 Å². The summed E-state index contributed by atoms with van der Waals surface area (Å²) in [7, 11) is 5.48. The first-order valence-corrected chi connectivity index (χ1v) is 9.23. The Morgan fingerprint density at radius 2 is 1.93 bits per heavy atom. The maximum absolute atomic E-state index is 12.2. The van der Waals surface area contributed by atoms with Gasteiger partial charge in [-0.3, -0.25) is 9.59 Å². The molecule has 0 aromatic heterocycles. The van der Waals surface area contributed by atoms with E-state index in [1.54, 1.807) is 19.0 Å². The van der Waals surface area contributed by atoms with Gasteiger partial charge in [-0.1, -0.05) is 17.3 Å². The first kappa shape index (κ1) is 18.3. The van der Waals surface area contributed by atoms with Crippen molar-refractivity contribution < 1.29 is 9.59 Å². The number of likely N-dealkylation sites (N-methyl/N-ethyl adjacent to an activating group) is 1. The fourth-order valence-electron chi connectivity index (χ4n) is 4.02.